The number of carboxylic acid groups (broad SMARTS) is 1. The molecule has 0 aliphatic carbocycles. The molecule has 172 valence electrons. The summed E-state index contributed by atoms with van der Waals surface area (Å²) in [4.78, 5) is 25.4. The number of amides is 1. The molecule has 0 bridgehead atoms. The van der Waals surface area contributed by atoms with Crippen molar-refractivity contribution in [2.75, 3.05) is 16.8 Å². The lowest BCUT2D eigenvalue weighted by Crippen LogP contribution is -2.48. The van der Waals surface area contributed by atoms with Gasteiger partial charge in [-0.05, 0) is 60.6 Å². The number of nitrogens with one attached hydrogen (secondary N) is 1. The highest BCUT2D eigenvalue weighted by molar-refractivity contribution is 5.99. The summed E-state index contributed by atoms with van der Waals surface area (Å²) in [5, 5.41) is 11.6. The number of piperidine rings is 1. The molecule has 32 heavy (non-hydrogen) atoms. The number of carbonyl (C=O) groups is 2. The summed E-state index contributed by atoms with van der Waals surface area (Å²) < 4.78 is 41.0. The molecule has 8 heteroatoms. The Kier molecular flexibility index (Phi) is 7.11. The smallest absolute Gasteiger partial charge is 0.418 e. The number of carbonyl (C=O) groups excluding carboxylic acids is 1. The molecule has 2 aromatic carbocycles. The molecule has 1 fully saturated rings. The molecule has 1 amide bonds. The predicted molar refractivity (Wildman–Crippen MR) is 117 cm³/mol. The van der Waals surface area contributed by atoms with Crippen molar-refractivity contribution in [3.63, 3.8) is 0 Å². The van der Waals surface area contributed by atoms with E-state index in [1.807, 2.05) is 13.8 Å². The summed E-state index contributed by atoms with van der Waals surface area (Å²) >= 11 is 0. The van der Waals surface area contributed by atoms with Crippen LogP contribution in [-0.2, 0) is 22.2 Å². The fourth-order valence-corrected chi connectivity index (χ4v) is 3.83. The number of nitrogens with zero attached hydrogens (tertiary/aromatic N) is 1. The molecule has 1 aliphatic heterocycles. The highest BCUT2D eigenvalue weighted by Gasteiger charge is 2.36. The maximum absolute atomic E-state index is 13.7. The Balaban J connectivity index is 1.78. The fraction of sp³-hybridized carbons (Fsp3) is 0.417. The number of aliphatic carboxylic acids is 1. The van der Waals surface area contributed by atoms with E-state index in [0.717, 1.165) is 11.6 Å². The molecule has 3 rings (SSSR count). The van der Waals surface area contributed by atoms with Gasteiger partial charge in [0.1, 0.15) is 6.04 Å². The number of aryl methyl sites for hydroxylation is 1. The highest BCUT2D eigenvalue weighted by Crippen LogP contribution is 2.37. The van der Waals surface area contributed by atoms with Crippen LogP contribution in [0.2, 0.25) is 0 Å². The van der Waals surface area contributed by atoms with E-state index in [0.29, 0.717) is 37.1 Å². The number of anilines is 2. The van der Waals surface area contributed by atoms with Crippen molar-refractivity contribution in [3.8, 4) is 0 Å². The molecule has 1 saturated heterocycles. The van der Waals surface area contributed by atoms with E-state index in [1.165, 1.54) is 6.07 Å². The van der Waals surface area contributed by atoms with Gasteiger partial charge in [0.2, 0.25) is 5.91 Å². The first-order chi connectivity index (χ1) is 15.1. The molecule has 5 nitrogen and oxygen atoms in total. The van der Waals surface area contributed by atoms with Crippen LogP contribution in [0.4, 0.5) is 24.5 Å². The van der Waals surface area contributed by atoms with E-state index in [2.05, 4.69) is 5.32 Å². The molecule has 2 N–H and O–H groups in total. The minimum atomic E-state index is -4.53. The van der Waals surface area contributed by atoms with Gasteiger partial charge in [0.25, 0.3) is 0 Å². The topological polar surface area (TPSA) is 69.6 Å². The molecule has 0 unspecified atom stereocenters. The molecule has 1 aliphatic rings. The lowest BCUT2D eigenvalue weighted by atomic mass is 9.98. The van der Waals surface area contributed by atoms with Gasteiger partial charge in [0.15, 0.2) is 0 Å². The van der Waals surface area contributed by atoms with Crippen LogP contribution in [0.1, 0.15) is 55.7 Å². The third-order valence-corrected chi connectivity index (χ3v) is 5.66. The quantitative estimate of drug-likeness (QED) is 0.591. The molecule has 0 radical (unpaired) electrons. The Bertz CT molecular complexity index is 971. The van der Waals surface area contributed by atoms with Gasteiger partial charge >= 0.3 is 12.1 Å². The molecular weight excluding hydrogens is 421 g/mol. The average Bonchev–Trinajstić information content (AvgIpc) is 2.73. The largest absolute Gasteiger partial charge is 0.481 e. The summed E-state index contributed by atoms with van der Waals surface area (Å²) in [5.74, 6) is -1.21. The van der Waals surface area contributed by atoms with Gasteiger partial charge in [0.05, 0.1) is 5.56 Å². The standard InChI is InChI=1S/C24H27F3N2O3/c1-15(2)17-8-11-20(19(14-17)24(25,26)27)28-21-4-3-13-29(23(21)32)18-9-5-16(6-10-18)7-12-22(30)31/h5-6,8-11,14-15,21,28H,3-4,7,12-13H2,1-2H3,(H,30,31)/t21-/m0/s1. The SMILES string of the molecule is CC(C)c1ccc(N[C@H]2CCCN(c3ccc(CCC(=O)O)cc3)C2=O)c(C(F)(F)F)c1. The molecule has 2 aromatic rings. The predicted octanol–water partition coefficient (Wildman–Crippen LogP) is 5.45. The Morgan fingerprint density at radius 1 is 1.19 bits per heavy atom. The maximum atomic E-state index is 13.7. The van der Waals surface area contributed by atoms with Crippen molar-refractivity contribution in [1.82, 2.24) is 0 Å². The zero-order valence-electron chi connectivity index (χ0n) is 18.1. The zero-order chi connectivity index (χ0) is 23.5. The first-order valence-corrected chi connectivity index (χ1v) is 10.7. The Hall–Kier alpha value is -3.03. The number of carboxylic acids is 1. The van der Waals surface area contributed by atoms with Crippen molar-refractivity contribution in [2.24, 2.45) is 0 Å². The lowest BCUT2D eigenvalue weighted by Gasteiger charge is -2.34. The van der Waals surface area contributed by atoms with Crippen LogP contribution in [0.25, 0.3) is 0 Å². The molecule has 0 aromatic heterocycles. The second-order valence-electron chi connectivity index (χ2n) is 8.35. The number of hydrogen-bond acceptors (Lipinski definition) is 3. The van der Waals surface area contributed by atoms with Gasteiger partial charge < -0.3 is 15.3 Å². The van der Waals surface area contributed by atoms with Crippen LogP contribution in [0.15, 0.2) is 42.5 Å². The molecule has 0 spiro atoms. The maximum Gasteiger partial charge on any atom is 0.418 e. The van der Waals surface area contributed by atoms with Crippen molar-refractivity contribution < 1.29 is 27.9 Å². The van der Waals surface area contributed by atoms with Crippen molar-refractivity contribution >= 4 is 23.3 Å². The minimum absolute atomic E-state index is 0.0190. The lowest BCUT2D eigenvalue weighted by molar-refractivity contribution is -0.137. The summed E-state index contributed by atoms with van der Waals surface area (Å²) in [6, 6.07) is 10.5. The summed E-state index contributed by atoms with van der Waals surface area (Å²) in [6.45, 7) is 4.14. The van der Waals surface area contributed by atoms with Crippen molar-refractivity contribution in [3.05, 3.63) is 59.2 Å². The second kappa shape index (κ2) is 9.63. The molecule has 1 heterocycles. The van der Waals surface area contributed by atoms with E-state index in [4.69, 9.17) is 5.11 Å². The third kappa shape index (κ3) is 5.60. The van der Waals surface area contributed by atoms with E-state index in [1.54, 1.807) is 35.2 Å². The first-order valence-electron chi connectivity index (χ1n) is 10.7. The van der Waals surface area contributed by atoms with Gasteiger partial charge in [-0.25, -0.2) is 0 Å². The third-order valence-electron chi connectivity index (χ3n) is 5.66. The number of benzene rings is 2. The van der Waals surface area contributed by atoms with Crippen LogP contribution in [0.5, 0.6) is 0 Å². The first kappa shape index (κ1) is 23.6. The van der Waals surface area contributed by atoms with Gasteiger partial charge in [-0.15, -0.1) is 0 Å². The monoisotopic (exact) mass is 448 g/mol. The van der Waals surface area contributed by atoms with E-state index < -0.39 is 23.8 Å². The molecule has 0 saturated carbocycles. The summed E-state index contributed by atoms with van der Waals surface area (Å²) in [7, 11) is 0. The molecular formula is C24H27F3N2O3. The van der Waals surface area contributed by atoms with Gasteiger partial charge in [-0.2, -0.15) is 13.2 Å². The summed E-state index contributed by atoms with van der Waals surface area (Å²) in [6.07, 6.45) is -3.03. The Labute approximate surface area is 185 Å². The second-order valence-corrected chi connectivity index (χ2v) is 8.35. The fourth-order valence-electron chi connectivity index (χ4n) is 3.83. The van der Waals surface area contributed by atoms with E-state index in [9.17, 15) is 22.8 Å². The number of hydrogen-bond donors (Lipinski definition) is 2. The van der Waals surface area contributed by atoms with E-state index >= 15 is 0 Å². The van der Waals surface area contributed by atoms with Gasteiger partial charge in [-0.3, -0.25) is 9.59 Å². The van der Waals surface area contributed by atoms with Crippen LogP contribution in [-0.4, -0.2) is 29.6 Å². The van der Waals surface area contributed by atoms with Gasteiger partial charge in [0, 0.05) is 24.3 Å². The summed E-state index contributed by atoms with van der Waals surface area (Å²) in [5.41, 5.74) is 1.21. The zero-order valence-corrected chi connectivity index (χ0v) is 18.1. The van der Waals surface area contributed by atoms with E-state index in [-0.39, 0.29) is 23.9 Å². The minimum Gasteiger partial charge on any atom is -0.481 e. The van der Waals surface area contributed by atoms with Crippen LogP contribution < -0.4 is 10.2 Å². The van der Waals surface area contributed by atoms with Gasteiger partial charge in [-0.1, -0.05) is 32.0 Å². The molecule has 1 atom stereocenters. The van der Waals surface area contributed by atoms with Crippen molar-refractivity contribution in [1.29, 1.82) is 0 Å². The van der Waals surface area contributed by atoms with Crippen LogP contribution in [0.3, 0.4) is 0 Å². The normalized spacial score (nSPS) is 17.0. The number of rotatable bonds is 7. The van der Waals surface area contributed by atoms with Crippen LogP contribution >= 0.6 is 0 Å². The highest BCUT2D eigenvalue weighted by atomic mass is 19.4. The number of halogens is 3. The Morgan fingerprint density at radius 2 is 1.88 bits per heavy atom. The van der Waals surface area contributed by atoms with Crippen molar-refractivity contribution in [2.45, 2.75) is 57.7 Å². The van der Waals surface area contributed by atoms with Crippen LogP contribution in [0, 0.1) is 0 Å². The number of alkyl halides is 3. The Morgan fingerprint density at radius 3 is 2.47 bits per heavy atom. The average molecular weight is 448 g/mol.